The lowest BCUT2D eigenvalue weighted by atomic mass is 9.94. The van der Waals surface area contributed by atoms with Gasteiger partial charge in [0.05, 0.1) is 0 Å². The van der Waals surface area contributed by atoms with Crippen molar-refractivity contribution in [3.63, 3.8) is 0 Å². The normalized spacial score (nSPS) is 27.0. The molecule has 2 heteroatoms. The van der Waals surface area contributed by atoms with Gasteiger partial charge in [-0.05, 0) is 75.9 Å². The Bertz CT molecular complexity index is 205. The van der Waals surface area contributed by atoms with Gasteiger partial charge in [0, 0.05) is 6.54 Å². The average molecular weight is 238 g/mol. The standard InChI is InChI=1S/C15H30N2/c1-2-7-15(8-9-15)13-17-11-4-6-14-5-3-10-16-12-14/h14,16-17H,2-13H2,1H3. The smallest absolute Gasteiger partial charge is 0.000781 e. The van der Waals surface area contributed by atoms with E-state index >= 15 is 0 Å². The second-order valence-electron chi connectivity index (χ2n) is 6.28. The van der Waals surface area contributed by atoms with E-state index in [-0.39, 0.29) is 0 Å². The Hall–Kier alpha value is -0.0800. The Balaban J connectivity index is 1.46. The van der Waals surface area contributed by atoms with Crippen LogP contribution in [0.2, 0.25) is 0 Å². The van der Waals surface area contributed by atoms with Crippen LogP contribution in [0.3, 0.4) is 0 Å². The molecule has 0 bridgehead atoms. The molecule has 1 aliphatic heterocycles. The monoisotopic (exact) mass is 238 g/mol. The summed E-state index contributed by atoms with van der Waals surface area (Å²) in [5, 5.41) is 7.20. The summed E-state index contributed by atoms with van der Waals surface area (Å²) in [5.41, 5.74) is 0.723. The number of rotatable bonds is 8. The molecule has 1 unspecified atom stereocenters. The molecule has 1 saturated heterocycles. The van der Waals surface area contributed by atoms with E-state index < -0.39 is 0 Å². The average Bonchev–Trinajstić information content (AvgIpc) is 3.11. The van der Waals surface area contributed by atoms with Crippen molar-refractivity contribution in [2.45, 2.75) is 58.3 Å². The Morgan fingerprint density at radius 1 is 1.35 bits per heavy atom. The van der Waals surface area contributed by atoms with Crippen LogP contribution in [0.4, 0.5) is 0 Å². The first kappa shape index (κ1) is 13.4. The fraction of sp³-hybridized carbons (Fsp3) is 1.00. The van der Waals surface area contributed by atoms with E-state index in [2.05, 4.69) is 17.6 Å². The third-order valence-corrected chi connectivity index (χ3v) is 4.60. The van der Waals surface area contributed by atoms with Gasteiger partial charge in [0.15, 0.2) is 0 Å². The molecular weight excluding hydrogens is 208 g/mol. The van der Waals surface area contributed by atoms with Crippen molar-refractivity contribution >= 4 is 0 Å². The first-order valence-corrected chi connectivity index (χ1v) is 7.76. The number of piperidine rings is 1. The minimum atomic E-state index is 0.723. The maximum absolute atomic E-state index is 3.69. The maximum Gasteiger partial charge on any atom is 0.000781 e. The van der Waals surface area contributed by atoms with E-state index in [1.807, 2.05) is 0 Å². The van der Waals surface area contributed by atoms with Crippen LogP contribution in [0.25, 0.3) is 0 Å². The summed E-state index contributed by atoms with van der Waals surface area (Å²) in [6.45, 7) is 7.34. The Labute approximate surface area is 107 Å². The van der Waals surface area contributed by atoms with Crippen LogP contribution < -0.4 is 10.6 Å². The van der Waals surface area contributed by atoms with E-state index in [4.69, 9.17) is 0 Å². The van der Waals surface area contributed by atoms with Crippen LogP contribution in [0.15, 0.2) is 0 Å². The number of hydrogen-bond donors (Lipinski definition) is 2. The van der Waals surface area contributed by atoms with Gasteiger partial charge in [-0.3, -0.25) is 0 Å². The van der Waals surface area contributed by atoms with Crippen LogP contribution in [0, 0.1) is 11.3 Å². The highest BCUT2D eigenvalue weighted by Crippen LogP contribution is 2.48. The van der Waals surface area contributed by atoms with E-state index in [1.165, 1.54) is 77.5 Å². The van der Waals surface area contributed by atoms with Crippen LogP contribution in [0.5, 0.6) is 0 Å². The summed E-state index contributed by atoms with van der Waals surface area (Å²) in [5.74, 6) is 0.955. The molecule has 2 rings (SSSR count). The van der Waals surface area contributed by atoms with Gasteiger partial charge in [-0.2, -0.15) is 0 Å². The molecule has 1 atom stereocenters. The highest BCUT2D eigenvalue weighted by molar-refractivity contribution is 4.94. The van der Waals surface area contributed by atoms with Crippen molar-refractivity contribution in [1.82, 2.24) is 10.6 Å². The molecule has 2 aliphatic rings. The molecule has 0 spiro atoms. The fourth-order valence-corrected chi connectivity index (χ4v) is 3.26. The summed E-state index contributed by atoms with van der Waals surface area (Å²) < 4.78 is 0. The van der Waals surface area contributed by atoms with E-state index in [1.54, 1.807) is 0 Å². The van der Waals surface area contributed by atoms with E-state index in [0.717, 1.165) is 11.3 Å². The Morgan fingerprint density at radius 2 is 2.24 bits per heavy atom. The van der Waals surface area contributed by atoms with Crippen molar-refractivity contribution in [3.05, 3.63) is 0 Å². The van der Waals surface area contributed by atoms with Gasteiger partial charge in [-0.15, -0.1) is 0 Å². The van der Waals surface area contributed by atoms with Gasteiger partial charge in [-0.1, -0.05) is 13.3 Å². The summed E-state index contributed by atoms with van der Waals surface area (Å²) in [4.78, 5) is 0. The molecule has 17 heavy (non-hydrogen) atoms. The minimum Gasteiger partial charge on any atom is -0.316 e. The van der Waals surface area contributed by atoms with E-state index in [9.17, 15) is 0 Å². The van der Waals surface area contributed by atoms with Gasteiger partial charge in [-0.25, -0.2) is 0 Å². The van der Waals surface area contributed by atoms with Crippen molar-refractivity contribution < 1.29 is 0 Å². The second kappa shape index (κ2) is 6.75. The zero-order valence-corrected chi connectivity index (χ0v) is 11.6. The number of hydrogen-bond acceptors (Lipinski definition) is 2. The molecule has 1 heterocycles. The first-order valence-electron chi connectivity index (χ1n) is 7.76. The van der Waals surface area contributed by atoms with Crippen LogP contribution in [-0.4, -0.2) is 26.2 Å². The van der Waals surface area contributed by atoms with Gasteiger partial charge < -0.3 is 10.6 Å². The van der Waals surface area contributed by atoms with E-state index in [0.29, 0.717) is 0 Å². The molecule has 0 amide bonds. The predicted octanol–water partition coefficient (Wildman–Crippen LogP) is 2.94. The molecule has 2 nitrogen and oxygen atoms in total. The highest BCUT2D eigenvalue weighted by Gasteiger charge is 2.40. The van der Waals surface area contributed by atoms with Crippen molar-refractivity contribution in [2.24, 2.45) is 11.3 Å². The molecule has 2 fully saturated rings. The van der Waals surface area contributed by atoms with Crippen LogP contribution >= 0.6 is 0 Å². The third kappa shape index (κ3) is 4.59. The lowest BCUT2D eigenvalue weighted by molar-refractivity contribution is 0.343. The molecular formula is C15H30N2. The molecule has 0 radical (unpaired) electrons. The summed E-state index contributed by atoms with van der Waals surface area (Å²) >= 11 is 0. The zero-order valence-electron chi connectivity index (χ0n) is 11.6. The summed E-state index contributed by atoms with van der Waals surface area (Å²) in [6, 6.07) is 0. The molecule has 0 aromatic heterocycles. The molecule has 0 aromatic rings. The highest BCUT2D eigenvalue weighted by atomic mass is 14.9. The Kier molecular flexibility index (Phi) is 5.30. The lowest BCUT2D eigenvalue weighted by Gasteiger charge is -2.22. The van der Waals surface area contributed by atoms with Crippen molar-refractivity contribution in [1.29, 1.82) is 0 Å². The third-order valence-electron chi connectivity index (χ3n) is 4.60. The van der Waals surface area contributed by atoms with Crippen molar-refractivity contribution in [2.75, 3.05) is 26.2 Å². The van der Waals surface area contributed by atoms with Crippen LogP contribution in [0.1, 0.15) is 58.3 Å². The lowest BCUT2D eigenvalue weighted by Crippen LogP contribution is -2.30. The van der Waals surface area contributed by atoms with Crippen LogP contribution in [-0.2, 0) is 0 Å². The van der Waals surface area contributed by atoms with Crippen molar-refractivity contribution in [3.8, 4) is 0 Å². The quantitative estimate of drug-likeness (QED) is 0.635. The SMILES string of the molecule is CCCC1(CNCCCC2CCCNC2)CC1. The van der Waals surface area contributed by atoms with Gasteiger partial charge in [0.1, 0.15) is 0 Å². The number of nitrogens with one attached hydrogen (secondary N) is 2. The van der Waals surface area contributed by atoms with Gasteiger partial charge in [0.25, 0.3) is 0 Å². The van der Waals surface area contributed by atoms with Gasteiger partial charge in [0.2, 0.25) is 0 Å². The van der Waals surface area contributed by atoms with Gasteiger partial charge >= 0.3 is 0 Å². The summed E-state index contributed by atoms with van der Waals surface area (Å²) in [6.07, 6.45) is 11.4. The minimum absolute atomic E-state index is 0.723. The fourth-order valence-electron chi connectivity index (χ4n) is 3.26. The largest absolute Gasteiger partial charge is 0.316 e. The topological polar surface area (TPSA) is 24.1 Å². The molecule has 1 aliphatic carbocycles. The molecule has 1 saturated carbocycles. The molecule has 0 aromatic carbocycles. The first-order chi connectivity index (χ1) is 8.35. The molecule has 2 N–H and O–H groups in total. The zero-order chi connectivity index (χ0) is 12.0. The predicted molar refractivity (Wildman–Crippen MR) is 74.3 cm³/mol. The summed E-state index contributed by atoms with van der Waals surface area (Å²) in [7, 11) is 0. The maximum atomic E-state index is 3.69. The molecule has 100 valence electrons. The Morgan fingerprint density at radius 3 is 2.88 bits per heavy atom. The second-order valence-corrected chi connectivity index (χ2v) is 6.28.